The number of benzene rings is 1. The number of aromatic nitrogens is 1. The number of hydrogen-bond acceptors (Lipinski definition) is 5. The van der Waals surface area contributed by atoms with Crippen molar-refractivity contribution >= 4 is 23.0 Å². The maximum atomic E-state index is 12.8. The summed E-state index contributed by atoms with van der Waals surface area (Å²) in [4.78, 5) is 12.8. The zero-order valence-electron chi connectivity index (χ0n) is 14.5. The standard InChI is InChI=1S/C18H19ClN4O2/c1-5-10(2)23-17(24)13(9-20)11(3)16(18(23)25)22-21-15-8-6-7-14(19)12(15)4/h6-8,10,24H,5H2,1-4H3. The molecule has 0 saturated carbocycles. The van der Waals surface area contributed by atoms with Gasteiger partial charge >= 0.3 is 0 Å². The summed E-state index contributed by atoms with van der Waals surface area (Å²) in [6.07, 6.45) is 0.616. The summed E-state index contributed by atoms with van der Waals surface area (Å²) >= 11 is 6.07. The van der Waals surface area contributed by atoms with E-state index in [9.17, 15) is 15.2 Å². The van der Waals surface area contributed by atoms with Crippen LogP contribution in [0, 0.1) is 25.2 Å². The molecule has 0 amide bonds. The van der Waals surface area contributed by atoms with Gasteiger partial charge in [-0.1, -0.05) is 24.6 Å². The SMILES string of the molecule is CCC(C)n1c(O)c(C#N)c(C)c(N=Nc2cccc(Cl)c2C)c1=O. The normalized spacial score (nSPS) is 12.3. The highest BCUT2D eigenvalue weighted by molar-refractivity contribution is 6.31. The van der Waals surface area contributed by atoms with Crippen molar-refractivity contribution in [1.29, 1.82) is 5.26 Å². The molecule has 1 atom stereocenters. The number of pyridine rings is 1. The first-order valence-electron chi connectivity index (χ1n) is 7.88. The largest absolute Gasteiger partial charge is 0.493 e. The Hall–Kier alpha value is -2.65. The third-order valence-electron chi connectivity index (χ3n) is 4.24. The van der Waals surface area contributed by atoms with Gasteiger partial charge in [-0.3, -0.25) is 9.36 Å². The third kappa shape index (κ3) is 3.42. The number of halogens is 1. The quantitative estimate of drug-likeness (QED) is 0.772. The first-order valence-corrected chi connectivity index (χ1v) is 8.26. The van der Waals surface area contributed by atoms with Crippen LogP contribution in [-0.4, -0.2) is 9.67 Å². The second kappa shape index (κ2) is 7.49. The van der Waals surface area contributed by atoms with Gasteiger partial charge in [-0.15, -0.1) is 5.11 Å². The van der Waals surface area contributed by atoms with Gasteiger partial charge < -0.3 is 5.11 Å². The monoisotopic (exact) mass is 358 g/mol. The summed E-state index contributed by atoms with van der Waals surface area (Å²) in [5, 5.41) is 28.4. The lowest BCUT2D eigenvalue weighted by Gasteiger charge is -2.17. The molecule has 2 aromatic rings. The topological polar surface area (TPSA) is 90.7 Å². The summed E-state index contributed by atoms with van der Waals surface area (Å²) < 4.78 is 1.19. The predicted molar refractivity (Wildman–Crippen MR) is 97.2 cm³/mol. The van der Waals surface area contributed by atoms with Gasteiger partial charge in [0.25, 0.3) is 5.56 Å². The van der Waals surface area contributed by atoms with E-state index in [1.54, 1.807) is 39.0 Å². The van der Waals surface area contributed by atoms with E-state index in [1.807, 2.05) is 13.0 Å². The third-order valence-corrected chi connectivity index (χ3v) is 4.65. The van der Waals surface area contributed by atoms with Crippen molar-refractivity contribution in [1.82, 2.24) is 4.57 Å². The van der Waals surface area contributed by atoms with Gasteiger partial charge in [0.1, 0.15) is 11.6 Å². The smallest absolute Gasteiger partial charge is 0.281 e. The molecule has 7 heteroatoms. The predicted octanol–water partition coefficient (Wildman–Crippen LogP) is 5.08. The second-order valence-electron chi connectivity index (χ2n) is 5.80. The van der Waals surface area contributed by atoms with Crippen LogP contribution in [0.15, 0.2) is 33.2 Å². The fraction of sp³-hybridized carbons (Fsp3) is 0.333. The van der Waals surface area contributed by atoms with Gasteiger partial charge in [0, 0.05) is 16.6 Å². The lowest BCUT2D eigenvalue weighted by Crippen LogP contribution is -2.24. The van der Waals surface area contributed by atoms with Crippen LogP contribution < -0.4 is 5.56 Å². The van der Waals surface area contributed by atoms with E-state index in [1.165, 1.54) is 4.57 Å². The van der Waals surface area contributed by atoms with Crippen molar-refractivity contribution in [3.8, 4) is 11.9 Å². The average molecular weight is 359 g/mol. The van der Waals surface area contributed by atoms with Gasteiger partial charge in [-0.25, -0.2) is 0 Å². The Labute approximate surface area is 151 Å². The minimum atomic E-state index is -0.480. The van der Waals surface area contributed by atoms with Crippen molar-refractivity contribution in [3.63, 3.8) is 0 Å². The number of azo groups is 1. The molecule has 0 aliphatic heterocycles. The molecule has 1 unspecified atom stereocenters. The number of rotatable bonds is 4. The zero-order chi connectivity index (χ0) is 18.7. The summed E-state index contributed by atoms with van der Waals surface area (Å²) in [6.45, 7) is 7.05. The number of aromatic hydroxyl groups is 1. The molecule has 0 spiro atoms. The van der Waals surface area contributed by atoms with Crippen LogP contribution in [0.3, 0.4) is 0 Å². The Morgan fingerprint density at radius 2 is 2.00 bits per heavy atom. The molecule has 0 fully saturated rings. The Bertz CT molecular complexity index is 942. The van der Waals surface area contributed by atoms with Crippen LogP contribution >= 0.6 is 11.6 Å². The molecule has 0 aliphatic rings. The molecule has 1 aromatic carbocycles. The highest BCUT2D eigenvalue weighted by atomic mass is 35.5. The van der Waals surface area contributed by atoms with Gasteiger partial charge in [0.05, 0.1) is 5.69 Å². The Morgan fingerprint density at radius 1 is 1.32 bits per heavy atom. The maximum Gasteiger partial charge on any atom is 0.281 e. The van der Waals surface area contributed by atoms with Crippen molar-refractivity contribution in [2.45, 2.75) is 40.2 Å². The van der Waals surface area contributed by atoms with Crippen molar-refractivity contribution in [2.75, 3.05) is 0 Å². The van der Waals surface area contributed by atoms with Crippen LogP contribution in [0.25, 0.3) is 0 Å². The molecular formula is C18H19ClN4O2. The number of nitrogens with zero attached hydrogens (tertiary/aromatic N) is 4. The second-order valence-corrected chi connectivity index (χ2v) is 6.21. The molecule has 130 valence electrons. The van der Waals surface area contributed by atoms with Crippen molar-refractivity contribution in [3.05, 3.63) is 50.3 Å². The summed E-state index contributed by atoms with van der Waals surface area (Å²) in [7, 11) is 0. The van der Waals surface area contributed by atoms with Crippen LogP contribution in [0.5, 0.6) is 5.88 Å². The molecule has 2 rings (SSSR count). The van der Waals surface area contributed by atoms with E-state index < -0.39 is 5.56 Å². The lowest BCUT2D eigenvalue weighted by atomic mass is 10.1. The molecular weight excluding hydrogens is 340 g/mol. The fourth-order valence-corrected chi connectivity index (χ4v) is 2.60. The maximum absolute atomic E-state index is 12.8. The van der Waals surface area contributed by atoms with Crippen LogP contribution in [0.2, 0.25) is 5.02 Å². The van der Waals surface area contributed by atoms with E-state index in [0.717, 1.165) is 5.56 Å². The average Bonchev–Trinajstić information content (AvgIpc) is 2.58. The molecule has 6 nitrogen and oxygen atoms in total. The molecule has 0 bridgehead atoms. The van der Waals surface area contributed by atoms with Crippen LogP contribution in [-0.2, 0) is 0 Å². The number of hydrogen-bond donors (Lipinski definition) is 1. The molecule has 0 aliphatic carbocycles. The highest BCUT2D eigenvalue weighted by Gasteiger charge is 2.21. The fourth-order valence-electron chi connectivity index (χ4n) is 2.43. The highest BCUT2D eigenvalue weighted by Crippen LogP contribution is 2.31. The van der Waals surface area contributed by atoms with Gasteiger partial charge in [0.2, 0.25) is 5.88 Å². The van der Waals surface area contributed by atoms with Gasteiger partial charge in [-0.2, -0.15) is 10.4 Å². The van der Waals surface area contributed by atoms with E-state index in [0.29, 0.717) is 22.7 Å². The summed E-state index contributed by atoms with van der Waals surface area (Å²) in [5.74, 6) is -0.336. The molecule has 1 heterocycles. The zero-order valence-corrected chi connectivity index (χ0v) is 15.3. The number of nitriles is 1. The minimum Gasteiger partial charge on any atom is -0.493 e. The molecule has 1 aromatic heterocycles. The Morgan fingerprint density at radius 3 is 2.60 bits per heavy atom. The summed E-state index contributed by atoms with van der Waals surface area (Å²) in [5.41, 5.74) is 1.16. The van der Waals surface area contributed by atoms with E-state index in [2.05, 4.69) is 10.2 Å². The molecule has 0 radical (unpaired) electrons. The van der Waals surface area contributed by atoms with E-state index in [-0.39, 0.29) is 23.2 Å². The first kappa shape index (κ1) is 18.7. The Kier molecular flexibility index (Phi) is 5.60. The van der Waals surface area contributed by atoms with Gasteiger partial charge in [0.15, 0.2) is 5.69 Å². The van der Waals surface area contributed by atoms with Crippen molar-refractivity contribution in [2.24, 2.45) is 10.2 Å². The lowest BCUT2D eigenvalue weighted by molar-refractivity contribution is 0.372. The van der Waals surface area contributed by atoms with E-state index >= 15 is 0 Å². The molecule has 25 heavy (non-hydrogen) atoms. The Balaban J connectivity index is 2.69. The molecule has 0 saturated heterocycles. The van der Waals surface area contributed by atoms with Gasteiger partial charge in [-0.05, 0) is 44.9 Å². The molecule has 1 N–H and O–H groups in total. The van der Waals surface area contributed by atoms with E-state index in [4.69, 9.17) is 11.6 Å². The summed E-state index contributed by atoms with van der Waals surface area (Å²) in [6, 6.07) is 6.88. The minimum absolute atomic E-state index is 0.0247. The van der Waals surface area contributed by atoms with Crippen LogP contribution in [0.1, 0.15) is 43.0 Å². The van der Waals surface area contributed by atoms with Crippen molar-refractivity contribution < 1.29 is 5.11 Å². The van der Waals surface area contributed by atoms with Crippen LogP contribution in [0.4, 0.5) is 11.4 Å². The first-order chi connectivity index (χ1) is 11.8.